The summed E-state index contributed by atoms with van der Waals surface area (Å²) in [6.45, 7) is 6.45. The lowest BCUT2D eigenvalue weighted by Gasteiger charge is -2.18. The van der Waals surface area contributed by atoms with Gasteiger partial charge >= 0.3 is 17.9 Å². The Hall–Kier alpha value is -3.15. The average molecular weight is 921 g/mol. The second-order valence-corrected chi connectivity index (χ2v) is 18.5. The van der Waals surface area contributed by atoms with Crippen LogP contribution in [-0.4, -0.2) is 37.2 Å². The monoisotopic (exact) mass is 921 g/mol. The minimum absolute atomic E-state index is 0.0973. The van der Waals surface area contributed by atoms with E-state index in [1.165, 1.54) is 148 Å². The fourth-order valence-corrected chi connectivity index (χ4v) is 7.81. The second-order valence-electron chi connectivity index (χ2n) is 18.5. The molecule has 0 N–H and O–H groups in total. The van der Waals surface area contributed by atoms with Gasteiger partial charge in [0, 0.05) is 12.8 Å². The topological polar surface area (TPSA) is 78.9 Å². The van der Waals surface area contributed by atoms with E-state index in [2.05, 4.69) is 81.5 Å². The van der Waals surface area contributed by atoms with Gasteiger partial charge in [0.25, 0.3) is 0 Å². The summed E-state index contributed by atoms with van der Waals surface area (Å²) in [4.78, 5) is 38.0. The molecule has 0 radical (unpaired) electrons. The zero-order chi connectivity index (χ0) is 47.9. The van der Waals surface area contributed by atoms with Gasteiger partial charge in [0.05, 0.1) is 6.42 Å². The van der Waals surface area contributed by atoms with Crippen molar-refractivity contribution in [1.29, 1.82) is 0 Å². The first-order valence-electron chi connectivity index (χ1n) is 27.9. The first kappa shape index (κ1) is 62.8. The first-order valence-corrected chi connectivity index (χ1v) is 27.9. The first-order chi connectivity index (χ1) is 32.5. The number of carbonyl (C=O) groups is 3. The van der Waals surface area contributed by atoms with Crippen molar-refractivity contribution in [2.45, 2.75) is 277 Å². The lowest BCUT2D eigenvalue weighted by Crippen LogP contribution is -2.30. The summed E-state index contributed by atoms with van der Waals surface area (Å²) in [5.41, 5.74) is 0. The average Bonchev–Trinajstić information content (AvgIpc) is 3.31. The molecule has 0 aliphatic heterocycles. The minimum Gasteiger partial charge on any atom is -0.462 e. The highest BCUT2D eigenvalue weighted by Crippen LogP contribution is 2.16. The Balaban J connectivity index is 4.44. The maximum absolute atomic E-state index is 12.8. The molecule has 0 aliphatic rings. The van der Waals surface area contributed by atoms with E-state index >= 15 is 0 Å². The van der Waals surface area contributed by atoms with Crippen molar-refractivity contribution in [2.24, 2.45) is 0 Å². The van der Waals surface area contributed by atoms with Crippen LogP contribution in [0.1, 0.15) is 271 Å². The van der Waals surface area contributed by atoms with Crippen molar-refractivity contribution in [3.8, 4) is 0 Å². The highest BCUT2D eigenvalue weighted by Gasteiger charge is 2.19. The van der Waals surface area contributed by atoms with Crippen LogP contribution < -0.4 is 0 Å². The van der Waals surface area contributed by atoms with Crippen LogP contribution in [0, 0.1) is 0 Å². The van der Waals surface area contributed by atoms with Crippen molar-refractivity contribution in [3.05, 3.63) is 72.9 Å². The molecule has 0 aliphatic carbocycles. The van der Waals surface area contributed by atoms with Crippen LogP contribution in [0.3, 0.4) is 0 Å². The van der Waals surface area contributed by atoms with Gasteiger partial charge in [0.1, 0.15) is 13.2 Å². The van der Waals surface area contributed by atoms with E-state index in [0.717, 1.165) is 83.5 Å². The van der Waals surface area contributed by atoms with Crippen LogP contribution in [0.4, 0.5) is 0 Å². The Bertz CT molecular complexity index is 1240. The fraction of sp³-hybridized carbons (Fsp3) is 0.750. The zero-order valence-electron chi connectivity index (χ0n) is 43.4. The highest BCUT2D eigenvalue weighted by molar-refractivity contribution is 5.72. The third-order valence-corrected chi connectivity index (χ3v) is 12.0. The van der Waals surface area contributed by atoms with Gasteiger partial charge in [-0.1, -0.05) is 254 Å². The van der Waals surface area contributed by atoms with Crippen molar-refractivity contribution in [1.82, 2.24) is 0 Å². The minimum atomic E-state index is -0.831. The number of esters is 3. The van der Waals surface area contributed by atoms with Crippen LogP contribution in [0.25, 0.3) is 0 Å². The molecule has 380 valence electrons. The molecule has 0 aromatic rings. The maximum atomic E-state index is 12.8. The Kier molecular flexibility index (Phi) is 51.9. The molecule has 0 aromatic carbocycles. The molecule has 1 atom stereocenters. The Morgan fingerprint density at radius 3 is 0.985 bits per heavy atom. The van der Waals surface area contributed by atoms with Crippen molar-refractivity contribution >= 4 is 17.9 Å². The molecule has 0 bridgehead atoms. The van der Waals surface area contributed by atoms with Crippen LogP contribution in [0.5, 0.6) is 0 Å². The third-order valence-electron chi connectivity index (χ3n) is 12.0. The molecule has 6 heteroatoms. The molecule has 0 heterocycles. The summed E-state index contributed by atoms with van der Waals surface area (Å²) in [6.07, 6.45) is 69.2. The molecule has 0 saturated heterocycles. The molecule has 0 saturated carbocycles. The number of unbranched alkanes of at least 4 members (excludes halogenated alkanes) is 28. The number of hydrogen-bond donors (Lipinski definition) is 0. The van der Waals surface area contributed by atoms with E-state index in [-0.39, 0.29) is 31.6 Å². The van der Waals surface area contributed by atoms with Gasteiger partial charge < -0.3 is 14.2 Å². The van der Waals surface area contributed by atoms with Gasteiger partial charge in [-0.3, -0.25) is 14.4 Å². The van der Waals surface area contributed by atoms with E-state index in [0.29, 0.717) is 12.8 Å². The molecular weight excluding hydrogens is 817 g/mol. The highest BCUT2D eigenvalue weighted by atomic mass is 16.6. The lowest BCUT2D eigenvalue weighted by atomic mass is 10.0. The smallest absolute Gasteiger partial charge is 0.310 e. The van der Waals surface area contributed by atoms with Gasteiger partial charge in [-0.25, -0.2) is 0 Å². The molecular formula is C60H104O6. The molecule has 0 amide bonds. The molecule has 66 heavy (non-hydrogen) atoms. The Labute approximate surface area is 408 Å². The normalized spacial score (nSPS) is 12.6. The fourth-order valence-electron chi connectivity index (χ4n) is 7.81. The van der Waals surface area contributed by atoms with Crippen molar-refractivity contribution in [3.63, 3.8) is 0 Å². The number of allylic oxidation sites excluding steroid dienone is 11. The van der Waals surface area contributed by atoms with Gasteiger partial charge in [-0.05, 0) is 70.6 Å². The van der Waals surface area contributed by atoms with Crippen molar-refractivity contribution < 1.29 is 28.6 Å². The number of carbonyl (C=O) groups excluding carboxylic acids is 3. The Morgan fingerprint density at radius 1 is 0.333 bits per heavy atom. The summed E-state index contributed by atoms with van der Waals surface area (Å²) in [5.74, 6) is -1.05. The standard InChI is InChI=1S/C60H104O6/c1-4-7-10-13-16-19-22-25-28-29-30-31-33-35-38-41-44-47-50-53-59(62)65-56-57(55-64-58(61)52-49-46-43-40-37-34-27-24-21-18-15-12-9-6-3)66-60(63)54-51-48-45-42-39-36-32-26-23-20-17-14-11-8-5-2/h8,11,17,20,24,26-27,32,39,42,48,51,57H,4-7,9-10,12-16,18-19,21-23,25,28-31,33-38,40-41,43-47,49-50,52-56H2,1-3H3/b11-8-,20-17-,27-24-,32-26-,42-39-,51-48-. The van der Waals surface area contributed by atoms with Crippen LogP contribution in [0.2, 0.25) is 0 Å². The predicted molar refractivity (Wildman–Crippen MR) is 284 cm³/mol. The van der Waals surface area contributed by atoms with E-state index in [1.807, 2.05) is 6.08 Å². The number of hydrogen-bond acceptors (Lipinski definition) is 6. The zero-order valence-corrected chi connectivity index (χ0v) is 43.4. The molecule has 0 aromatic heterocycles. The largest absolute Gasteiger partial charge is 0.462 e. The summed E-state index contributed by atoms with van der Waals surface area (Å²) < 4.78 is 16.7. The lowest BCUT2D eigenvalue weighted by molar-refractivity contribution is -0.166. The van der Waals surface area contributed by atoms with E-state index in [4.69, 9.17) is 14.2 Å². The van der Waals surface area contributed by atoms with E-state index in [9.17, 15) is 14.4 Å². The number of ether oxygens (including phenoxy) is 3. The third kappa shape index (κ3) is 51.8. The summed E-state index contributed by atoms with van der Waals surface area (Å²) >= 11 is 0. The predicted octanol–water partition coefficient (Wildman–Crippen LogP) is 18.6. The molecule has 6 nitrogen and oxygen atoms in total. The summed E-state index contributed by atoms with van der Waals surface area (Å²) in [7, 11) is 0. The van der Waals surface area contributed by atoms with Gasteiger partial charge in [-0.2, -0.15) is 0 Å². The SMILES string of the molecule is CC/C=C\C/C=C\C/C=C\C/C=C\C/C=C\CC(=O)OC(COC(=O)CCCCCCC/C=C\CCCCCCC)COC(=O)CCCCCCCCCCCCCCCCCCCCC. The maximum Gasteiger partial charge on any atom is 0.310 e. The van der Waals surface area contributed by atoms with Crippen LogP contribution >= 0.6 is 0 Å². The quantitative estimate of drug-likeness (QED) is 0.0262. The van der Waals surface area contributed by atoms with Gasteiger partial charge in [0.15, 0.2) is 6.10 Å². The van der Waals surface area contributed by atoms with Crippen molar-refractivity contribution in [2.75, 3.05) is 13.2 Å². The number of rotatable bonds is 50. The summed E-state index contributed by atoms with van der Waals surface area (Å²) in [6, 6.07) is 0. The van der Waals surface area contributed by atoms with Gasteiger partial charge in [-0.15, -0.1) is 0 Å². The molecule has 1 unspecified atom stereocenters. The molecule has 0 fully saturated rings. The molecule has 0 rings (SSSR count). The van der Waals surface area contributed by atoms with Crippen LogP contribution in [-0.2, 0) is 28.6 Å². The van der Waals surface area contributed by atoms with E-state index in [1.54, 1.807) is 6.08 Å². The second kappa shape index (κ2) is 54.5. The van der Waals surface area contributed by atoms with E-state index < -0.39 is 12.1 Å². The van der Waals surface area contributed by atoms with Crippen LogP contribution in [0.15, 0.2) is 72.9 Å². The summed E-state index contributed by atoms with van der Waals surface area (Å²) in [5, 5.41) is 0. The van der Waals surface area contributed by atoms with Gasteiger partial charge in [0.2, 0.25) is 0 Å². The molecule has 0 spiro atoms. The Morgan fingerprint density at radius 2 is 0.636 bits per heavy atom.